The second-order valence-corrected chi connectivity index (χ2v) is 12.7. The fourth-order valence-corrected chi connectivity index (χ4v) is 5.87. The molecule has 0 unspecified atom stereocenters. The quantitative estimate of drug-likeness (QED) is 0.205. The van der Waals surface area contributed by atoms with Crippen LogP contribution >= 0.6 is 0 Å². The van der Waals surface area contributed by atoms with Crippen LogP contribution in [0, 0.1) is 19.3 Å². The smallest absolute Gasteiger partial charge is 0.189 e. The van der Waals surface area contributed by atoms with Gasteiger partial charge in [-0.1, -0.05) is 63.7 Å². The van der Waals surface area contributed by atoms with E-state index in [4.69, 9.17) is 14.0 Å². The molecular weight excluding hydrogens is 526 g/mol. The lowest BCUT2D eigenvalue weighted by Crippen LogP contribution is -2.21. The zero-order valence-electron chi connectivity index (χ0n) is 23.1. The topological polar surface area (TPSA) is 95.7 Å². The lowest BCUT2D eigenvalue weighted by atomic mass is 9.90. The third-order valence-corrected chi connectivity index (χ3v) is 7.86. The van der Waals surface area contributed by atoms with Gasteiger partial charge in [0.25, 0.3) is 0 Å². The molecule has 0 bridgehead atoms. The van der Waals surface area contributed by atoms with E-state index in [-0.39, 0.29) is 35.7 Å². The number of benzene rings is 3. The Morgan fingerprint density at radius 2 is 1.57 bits per heavy atom. The summed E-state index contributed by atoms with van der Waals surface area (Å²) in [5, 5.41) is 3.99. The minimum absolute atomic E-state index is 0. The van der Waals surface area contributed by atoms with Crippen molar-refractivity contribution in [3.63, 3.8) is 0 Å². The van der Waals surface area contributed by atoms with Gasteiger partial charge >= 0.3 is 0 Å². The number of hydrogen-bond donors (Lipinski definition) is 0. The molecule has 1 aromatic heterocycles. The average Bonchev–Trinajstić information content (AvgIpc) is 3.20. The number of sulfone groups is 1. The van der Waals surface area contributed by atoms with Crippen LogP contribution in [-0.4, -0.2) is 32.2 Å². The van der Waals surface area contributed by atoms with Gasteiger partial charge in [-0.2, -0.15) is 0 Å². The molecular formula is C32H37NO6S. The van der Waals surface area contributed by atoms with Gasteiger partial charge in [0.15, 0.2) is 9.84 Å². The van der Waals surface area contributed by atoms with Gasteiger partial charge in [0.2, 0.25) is 0 Å². The summed E-state index contributed by atoms with van der Waals surface area (Å²) in [7, 11) is -2.42. The predicted molar refractivity (Wildman–Crippen MR) is 158 cm³/mol. The number of carbonyl (C=O) groups is 1. The van der Waals surface area contributed by atoms with Gasteiger partial charge in [0.05, 0.1) is 12.8 Å². The van der Waals surface area contributed by atoms with Crippen molar-refractivity contribution < 1.29 is 27.2 Å². The van der Waals surface area contributed by atoms with E-state index in [2.05, 4.69) is 5.16 Å². The first kappa shape index (κ1) is 30.6. The number of carbonyl (C=O) groups excluding carboxylic acids is 1. The summed E-state index contributed by atoms with van der Waals surface area (Å²) in [6.07, 6.45) is 0.149. The Morgan fingerprint density at radius 1 is 0.900 bits per heavy atom. The standard InChI is InChI=1S/C31H33NO6S.CH4/c1-20-30(21(2)38-32-20)24-12-15-28(29(17-24)39(34,35)19-25(33)18-31(3,4)5)37-27-9-7-8-23(16-27)22-10-13-26(36-6)14-11-22;/h7-17H,18-19H2,1-6H3;1H4. The molecule has 0 saturated carbocycles. The lowest BCUT2D eigenvalue weighted by molar-refractivity contribution is -0.118. The molecule has 3 aromatic carbocycles. The Kier molecular flexibility index (Phi) is 9.25. The molecule has 4 rings (SSSR count). The van der Waals surface area contributed by atoms with E-state index in [1.165, 1.54) is 6.07 Å². The molecule has 0 radical (unpaired) electrons. The molecule has 0 aliphatic carbocycles. The lowest BCUT2D eigenvalue weighted by Gasteiger charge is -2.18. The Hall–Kier alpha value is -3.91. The van der Waals surface area contributed by atoms with Gasteiger partial charge < -0.3 is 14.0 Å². The minimum Gasteiger partial charge on any atom is -0.497 e. The van der Waals surface area contributed by atoms with Crippen LogP contribution in [0.1, 0.15) is 46.1 Å². The highest BCUT2D eigenvalue weighted by molar-refractivity contribution is 7.92. The molecule has 40 heavy (non-hydrogen) atoms. The molecule has 0 aliphatic heterocycles. The fraction of sp³-hybridized carbons (Fsp3) is 0.312. The number of hydrogen-bond acceptors (Lipinski definition) is 7. The van der Waals surface area contributed by atoms with Crippen LogP contribution in [0.25, 0.3) is 22.3 Å². The summed E-state index contributed by atoms with van der Waals surface area (Å²) < 4.78 is 44.0. The number of aryl methyl sites for hydroxylation is 2. The summed E-state index contributed by atoms with van der Waals surface area (Å²) in [6, 6.07) is 19.9. The normalized spacial score (nSPS) is 11.6. The van der Waals surface area contributed by atoms with E-state index < -0.39 is 15.6 Å². The van der Waals surface area contributed by atoms with Gasteiger partial charge in [0.1, 0.15) is 39.4 Å². The second kappa shape index (κ2) is 12.1. The van der Waals surface area contributed by atoms with Gasteiger partial charge in [-0.05, 0) is 72.4 Å². The maximum absolute atomic E-state index is 13.6. The highest BCUT2D eigenvalue weighted by Crippen LogP contribution is 2.37. The number of rotatable bonds is 9. The maximum atomic E-state index is 13.6. The van der Waals surface area contributed by atoms with E-state index in [0.717, 1.165) is 16.9 Å². The van der Waals surface area contributed by atoms with Crippen molar-refractivity contribution >= 4 is 15.6 Å². The van der Waals surface area contributed by atoms with Crippen molar-refractivity contribution in [2.75, 3.05) is 12.9 Å². The average molecular weight is 564 g/mol. The zero-order chi connectivity index (χ0) is 28.4. The predicted octanol–water partition coefficient (Wildman–Crippen LogP) is 7.84. The summed E-state index contributed by atoms with van der Waals surface area (Å²) in [5.41, 5.74) is 3.49. The van der Waals surface area contributed by atoms with Crippen molar-refractivity contribution in [1.29, 1.82) is 0 Å². The van der Waals surface area contributed by atoms with Crippen LogP contribution in [0.15, 0.2) is 76.1 Å². The molecule has 0 amide bonds. The van der Waals surface area contributed by atoms with E-state index >= 15 is 0 Å². The van der Waals surface area contributed by atoms with Crippen molar-refractivity contribution in [1.82, 2.24) is 5.16 Å². The van der Waals surface area contributed by atoms with E-state index in [0.29, 0.717) is 28.3 Å². The zero-order valence-corrected chi connectivity index (χ0v) is 23.9. The van der Waals surface area contributed by atoms with Gasteiger partial charge in [-0.3, -0.25) is 4.79 Å². The highest BCUT2D eigenvalue weighted by Gasteiger charge is 2.28. The molecule has 1 heterocycles. The molecule has 212 valence electrons. The molecule has 8 heteroatoms. The fourth-order valence-electron chi connectivity index (χ4n) is 4.47. The first-order valence-electron chi connectivity index (χ1n) is 12.6. The van der Waals surface area contributed by atoms with Crippen molar-refractivity contribution in [2.45, 2.75) is 53.4 Å². The molecule has 4 aromatic rings. The number of nitrogens with zero attached hydrogens (tertiary/aromatic N) is 1. The monoisotopic (exact) mass is 563 g/mol. The summed E-state index contributed by atoms with van der Waals surface area (Å²) in [6.45, 7) is 9.27. The van der Waals surface area contributed by atoms with Crippen molar-refractivity contribution in [3.05, 3.63) is 78.2 Å². The minimum atomic E-state index is -4.03. The first-order valence-corrected chi connectivity index (χ1v) is 14.3. The number of ketones is 1. The molecule has 0 fully saturated rings. The van der Waals surface area contributed by atoms with Gasteiger partial charge in [0, 0.05) is 12.0 Å². The van der Waals surface area contributed by atoms with E-state index in [1.54, 1.807) is 39.2 Å². The first-order chi connectivity index (χ1) is 18.4. The molecule has 0 atom stereocenters. The van der Waals surface area contributed by atoms with E-state index in [1.807, 2.05) is 63.2 Å². The van der Waals surface area contributed by atoms with Crippen LogP contribution in [-0.2, 0) is 14.6 Å². The SMILES string of the molecule is C.COc1ccc(-c2cccc(Oc3ccc(-c4c(C)noc4C)cc3S(=O)(=O)CC(=O)CC(C)(C)C)c2)cc1. The van der Waals surface area contributed by atoms with Gasteiger partial charge in [-0.25, -0.2) is 8.42 Å². The van der Waals surface area contributed by atoms with Gasteiger partial charge in [-0.15, -0.1) is 0 Å². The van der Waals surface area contributed by atoms with Crippen LogP contribution in [0.5, 0.6) is 17.2 Å². The Morgan fingerprint density at radius 3 is 2.17 bits per heavy atom. The molecule has 0 spiro atoms. The van der Waals surface area contributed by atoms with Crippen LogP contribution in [0.2, 0.25) is 0 Å². The Balaban J connectivity index is 0.00000441. The molecule has 0 N–H and O–H groups in total. The van der Waals surface area contributed by atoms with E-state index in [9.17, 15) is 13.2 Å². The second-order valence-electron chi connectivity index (χ2n) is 10.8. The van der Waals surface area contributed by atoms with Crippen LogP contribution < -0.4 is 9.47 Å². The van der Waals surface area contributed by atoms with Crippen molar-refractivity contribution in [3.8, 4) is 39.5 Å². The summed E-state index contributed by atoms with van der Waals surface area (Å²) in [5.74, 6) is 0.961. The molecule has 0 saturated heterocycles. The molecule has 7 nitrogen and oxygen atoms in total. The number of aromatic nitrogens is 1. The highest BCUT2D eigenvalue weighted by atomic mass is 32.2. The Bertz CT molecular complexity index is 1580. The maximum Gasteiger partial charge on any atom is 0.189 e. The largest absolute Gasteiger partial charge is 0.497 e. The third kappa shape index (κ3) is 7.18. The summed E-state index contributed by atoms with van der Waals surface area (Å²) >= 11 is 0. The number of Topliss-reactive ketones (excluding diaryl/α,β-unsaturated/α-hetero) is 1. The number of ether oxygens (including phenoxy) is 2. The molecule has 0 aliphatic rings. The van der Waals surface area contributed by atoms with Crippen LogP contribution in [0.4, 0.5) is 0 Å². The summed E-state index contributed by atoms with van der Waals surface area (Å²) in [4.78, 5) is 12.7. The number of methoxy groups -OCH3 is 1. The van der Waals surface area contributed by atoms with Crippen LogP contribution in [0.3, 0.4) is 0 Å². The van der Waals surface area contributed by atoms with Crippen molar-refractivity contribution in [2.24, 2.45) is 5.41 Å². The Labute approximate surface area is 237 Å². The third-order valence-electron chi connectivity index (χ3n) is 6.16.